The molecule has 1 aliphatic rings. The highest BCUT2D eigenvalue weighted by atomic mass is 16.6. The topological polar surface area (TPSA) is 73.7 Å². The lowest BCUT2D eigenvalue weighted by atomic mass is 10.4. The SMILES string of the molecule is C1CNCCN1.O=NO. The van der Waals surface area contributed by atoms with Gasteiger partial charge in [0.2, 0.25) is 0 Å². The summed E-state index contributed by atoms with van der Waals surface area (Å²) in [4.78, 5) is 8.11. The van der Waals surface area contributed by atoms with Gasteiger partial charge in [0.05, 0.1) is 0 Å². The molecule has 0 radical (unpaired) electrons. The summed E-state index contributed by atoms with van der Waals surface area (Å²) in [6.07, 6.45) is 0. The first-order valence-corrected chi connectivity index (χ1v) is 2.80. The minimum Gasteiger partial charge on any atom is -0.379 e. The Labute approximate surface area is 53.4 Å². The van der Waals surface area contributed by atoms with Crippen LogP contribution in [0, 0.1) is 4.91 Å². The summed E-state index contributed by atoms with van der Waals surface area (Å²) in [5.74, 6) is 0. The molecular formula is C4H11N3O2. The van der Waals surface area contributed by atoms with Crippen LogP contribution in [0.2, 0.25) is 0 Å². The summed E-state index contributed by atoms with van der Waals surface area (Å²) in [6, 6.07) is 0. The first-order chi connectivity index (χ1) is 4.41. The van der Waals surface area contributed by atoms with Gasteiger partial charge >= 0.3 is 0 Å². The number of rotatable bonds is 0. The fraction of sp³-hybridized carbons (Fsp3) is 1.00. The van der Waals surface area contributed by atoms with Crippen LogP contribution in [0.5, 0.6) is 0 Å². The zero-order valence-corrected chi connectivity index (χ0v) is 5.13. The average molecular weight is 133 g/mol. The van der Waals surface area contributed by atoms with E-state index in [2.05, 4.69) is 10.6 Å². The molecule has 0 unspecified atom stereocenters. The zero-order chi connectivity index (χ0) is 6.95. The smallest absolute Gasteiger partial charge is 0.152 e. The molecule has 0 amide bonds. The highest BCUT2D eigenvalue weighted by Crippen LogP contribution is 1.65. The largest absolute Gasteiger partial charge is 0.379 e. The molecular weight excluding hydrogens is 122 g/mol. The molecule has 1 rings (SSSR count). The quantitative estimate of drug-likeness (QED) is 0.302. The molecule has 0 aliphatic carbocycles. The second-order valence-corrected chi connectivity index (χ2v) is 1.58. The number of nitrogens with zero attached hydrogens (tertiary/aromatic N) is 1. The minimum absolute atomic E-state index is 1.14. The maximum atomic E-state index is 8.11. The van der Waals surface area contributed by atoms with Crippen LogP contribution in [-0.4, -0.2) is 31.4 Å². The molecule has 1 fully saturated rings. The molecule has 54 valence electrons. The third-order valence-corrected chi connectivity index (χ3v) is 0.957. The Balaban J connectivity index is 0.000000187. The number of hydrogen-bond donors (Lipinski definition) is 3. The van der Waals surface area contributed by atoms with Gasteiger partial charge in [0.1, 0.15) is 0 Å². The molecule has 9 heavy (non-hydrogen) atoms. The van der Waals surface area contributed by atoms with E-state index in [1.807, 2.05) is 0 Å². The van der Waals surface area contributed by atoms with Gasteiger partial charge in [-0.1, -0.05) is 0 Å². The van der Waals surface area contributed by atoms with Crippen molar-refractivity contribution in [2.24, 2.45) is 5.34 Å². The fourth-order valence-electron chi connectivity index (χ4n) is 0.604. The van der Waals surface area contributed by atoms with Crippen LogP contribution in [0.4, 0.5) is 0 Å². The van der Waals surface area contributed by atoms with Crippen molar-refractivity contribution < 1.29 is 5.21 Å². The first kappa shape index (κ1) is 8.32. The molecule has 3 N–H and O–H groups in total. The standard InChI is InChI=1S/C4H10N2.HNO2/c1-2-6-4-3-5-1;2-1-3/h5-6H,1-4H2;(H,2,3). The van der Waals surface area contributed by atoms with E-state index in [-0.39, 0.29) is 0 Å². The molecule has 1 heterocycles. The Morgan fingerprint density at radius 2 is 1.33 bits per heavy atom. The molecule has 0 aromatic carbocycles. The predicted octanol–water partition coefficient (Wildman–Crippen LogP) is -0.679. The van der Waals surface area contributed by atoms with Crippen molar-refractivity contribution in [3.05, 3.63) is 4.91 Å². The van der Waals surface area contributed by atoms with Gasteiger partial charge in [-0.15, -0.1) is 4.91 Å². The van der Waals surface area contributed by atoms with Crippen LogP contribution >= 0.6 is 0 Å². The van der Waals surface area contributed by atoms with Crippen molar-refractivity contribution in [1.82, 2.24) is 10.6 Å². The van der Waals surface area contributed by atoms with Crippen molar-refractivity contribution in [2.75, 3.05) is 26.2 Å². The third-order valence-electron chi connectivity index (χ3n) is 0.957. The lowest BCUT2D eigenvalue weighted by Crippen LogP contribution is -2.39. The molecule has 1 saturated heterocycles. The van der Waals surface area contributed by atoms with Crippen molar-refractivity contribution in [3.63, 3.8) is 0 Å². The Morgan fingerprint density at radius 3 is 1.44 bits per heavy atom. The number of piperazine rings is 1. The molecule has 0 bridgehead atoms. The van der Waals surface area contributed by atoms with Gasteiger partial charge in [-0.2, -0.15) is 0 Å². The molecule has 5 heteroatoms. The summed E-state index contributed by atoms with van der Waals surface area (Å²) < 4.78 is 0. The molecule has 0 aromatic rings. The third kappa shape index (κ3) is 7.32. The van der Waals surface area contributed by atoms with E-state index in [0.717, 1.165) is 26.2 Å². The first-order valence-electron chi connectivity index (χ1n) is 2.80. The van der Waals surface area contributed by atoms with Gasteiger partial charge in [0.25, 0.3) is 0 Å². The van der Waals surface area contributed by atoms with Crippen molar-refractivity contribution in [2.45, 2.75) is 0 Å². The Kier molecular flexibility index (Phi) is 6.77. The van der Waals surface area contributed by atoms with Crippen LogP contribution in [0.1, 0.15) is 0 Å². The maximum Gasteiger partial charge on any atom is 0.152 e. The van der Waals surface area contributed by atoms with Crippen LogP contribution in [0.3, 0.4) is 0 Å². The van der Waals surface area contributed by atoms with E-state index in [9.17, 15) is 0 Å². The fourth-order valence-corrected chi connectivity index (χ4v) is 0.604. The van der Waals surface area contributed by atoms with Crippen LogP contribution in [0.25, 0.3) is 0 Å². The summed E-state index contributed by atoms with van der Waals surface area (Å²) in [6.45, 7) is 4.56. The molecule has 5 nitrogen and oxygen atoms in total. The lowest BCUT2D eigenvalue weighted by molar-refractivity contribution is 0.312. The highest BCUT2D eigenvalue weighted by molar-refractivity contribution is 4.59. The van der Waals surface area contributed by atoms with Gasteiger partial charge in [0.15, 0.2) is 5.34 Å². The zero-order valence-electron chi connectivity index (χ0n) is 5.13. The van der Waals surface area contributed by atoms with Gasteiger partial charge in [-0.3, -0.25) is 0 Å². The van der Waals surface area contributed by atoms with Crippen LogP contribution < -0.4 is 10.6 Å². The van der Waals surface area contributed by atoms with E-state index >= 15 is 0 Å². The normalized spacial score (nSPS) is 17.3. The predicted molar refractivity (Wildman–Crippen MR) is 33.3 cm³/mol. The van der Waals surface area contributed by atoms with E-state index in [0.29, 0.717) is 0 Å². The minimum atomic E-state index is 1.14. The second-order valence-electron chi connectivity index (χ2n) is 1.58. The van der Waals surface area contributed by atoms with E-state index < -0.39 is 0 Å². The summed E-state index contributed by atoms with van der Waals surface area (Å²) in [5.41, 5.74) is 0. The Hall–Kier alpha value is -0.680. The summed E-state index contributed by atoms with van der Waals surface area (Å²) in [5, 5.41) is 14.3. The van der Waals surface area contributed by atoms with Crippen molar-refractivity contribution in [3.8, 4) is 0 Å². The van der Waals surface area contributed by atoms with Crippen molar-refractivity contribution >= 4 is 0 Å². The van der Waals surface area contributed by atoms with Gasteiger partial charge < -0.3 is 15.8 Å². The highest BCUT2D eigenvalue weighted by Gasteiger charge is 1.91. The van der Waals surface area contributed by atoms with Crippen LogP contribution in [0.15, 0.2) is 5.34 Å². The molecule has 0 atom stereocenters. The van der Waals surface area contributed by atoms with Crippen LogP contribution in [-0.2, 0) is 0 Å². The Morgan fingerprint density at radius 1 is 1.11 bits per heavy atom. The monoisotopic (exact) mass is 133 g/mol. The van der Waals surface area contributed by atoms with E-state index in [1.165, 1.54) is 5.34 Å². The summed E-state index contributed by atoms with van der Waals surface area (Å²) in [7, 11) is 0. The van der Waals surface area contributed by atoms with Gasteiger partial charge in [0, 0.05) is 26.2 Å². The summed E-state index contributed by atoms with van der Waals surface area (Å²) >= 11 is 0. The molecule has 0 aromatic heterocycles. The molecule has 0 saturated carbocycles. The van der Waals surface area contributed by atoms with E-state index in [1.54, 1.807) is 0 Å². The maximum absolute atomic E-state index is 8.11. The Bertz CT molecular complexity index is 53.3. The molecule has 0 spiro atoms. The second kappa shape index (κ2) is 7.32. The average Bonchev–Trinajstić information content (AvgIpc) is 1.93. The lowest BCUT2D eigenvalue weighted by Gasteiger charge is -2.11. The van der Waals surface area contributed by atoms with E-state index in [4.69, 9.17) is 10.1 Å². The van der Waals surface area contributed by atoms with Crippen molar-refractivity contribution in [1.29, 1.82) is 0 Å². The number of nitrogens with one attached hydrogen (secondary N) is 2. The molecule has 1 aliphatic heterocycles. The van der Waals surface area contributed by atoms with Gasteiger partial charge in [-0.25, -0.2) is 0 Å². The number of hydrogen-bond acceptors (Lipinski definition) is 4. The van der Waals surface area contributed by atoms with Gasteiger partial charge in [-0.05, 0) is 0 Å².